The maximum Gasteiger partial charge on any atom is 0.278 e. The van der Waals surface area contributed by atoms with E-state index in [9.17, 15) is 8.78 Å². The van der Waals surface area contributed by atoms with Crippen LogP contribution in [0.4, 0.5) is 8.78 Å². The Bertz CT molecular complexity index is 393. The molecule has 0 saturated heterocycles. The number of aryl methyl sites for hydroxylation is 1. The lowest BCUT2D eigenvalue weighted by atomic mass is 10.2. The fourth-order valence-corrected chi connectivity index (χ4v) is 0.923. The largest absolute Gasteiger partial charge is 0.470 e. The number of nitriles is 1. The molecule has 1 rings (SSSR count). The maximum atomic E-state index is 12.5. The summed E-state index contributed by atoms with van der Waals surface area (Å²) in [5, 5.41) is 8.68. The molecular formula is C10H10F2N2O. The van der Waals surface area contributed by atoms with Crippen molar-refractivity contribution >= 4 is 0 Å². The Kier molecular flexibility index (Phi) is 3.20. The second-order valence-corrected chi connectivity index (χ2v) is 3.28. The normalized spacial score (nSPS) is 10.9. The van der Waals surface area contributed by atoms with Crippen molar-refractivity contribution in [2.75, 3.05) is 6.61 Å². The van der Waals surface area contributed by atoms with Crippen molar-refractivity contribution in [2.45, 2.75) is 19.8 Å². The summed E-state index contributed by atoms with van der Waals surface area (Å²) in [7, 11) is 0. The molecule has 0 bridgehead atoms. The van der Waals surface area contributed by atoms with Gasteiger partial charge in [0.25, 0.3) is 5.92 Å². The lowest BCUT2D eigenvalue weighted by Crippen LogP contribution is -2.21. The van der Waals surface area contributed by atoms with Gasteiger partial charge in [0, 0.05) is 12.6 Å². The van der Waals surface area contributed by atoms with E-state index in [1.807, 2.05) is 6.07 Å². The van der Waals surface area contributed by atoms with Crippen LogP contribution >= 0.6 is 0 Å². The van der Waals surface area contributed by atoms with Crippen LogP contribution in [0.2, 0.25) is 0 Å². The minimum absolute atomic E-state index is 0.0426. The zero-order valence-corrected chi connectivity index (χ0v) is 8.42. The second kappa shape index (κ2) is 4.22. The average molecular weight is 212 g/mol. The molecule has 80 valence electrons. The number of halogens is 2. The molecule has 0 N–H and O–H groups in total. The van der Waals surface area contributed by atoms with Crippen LogP contribution in [0.15, 0.2) is 12.1 Å². The van der Waals surface area contributed by atoms with Crippen LogP contribution in [0.5, 0.6) is 5.88 Å². The van der Waals surface area contributed by atoms with Crippen LogP contribution in [0.25, 0.3) is 0 Å². The summed E-state index contributed by atoms with van der Waals surface area (Å²) < 4.78 is 29.8. The van der Waals surface area contributed by atoms with Gasteiger partial charge in [-0.1, -0.05) is 0 Å². The Morgan fingerprint density at radius 3 is 2.73 bits per heavy atom. The fourth-order valence-electron chi connectivity index (χ4n) is 0.923. The molecule has 1 aromatic rings. The van der Waals surface area contributed by atoms with E-state index in [0.717, 1.165) is 6.92 Å². The number of ether oxygens (including phenoxy) is 1. The first-order chi connectivity index (χ1) is 6.92. The first kappa shape index (κ1) is 11.4. The molecule has 15 heavy (non-hydrogen) atoms. The number of hydrogen-bond donors (Lipinski definition) is 0. The summed E-state index contributed by atoms with van der Waals surface area (Å²) in [6.45, 7) is 1.66. The highest BCUT2D eigenvalue weighted by atomic mass is 19.3. The minimum Gasteiger partial charge on any atom is -0.470 e. The number of aromatic nitrogens is 1. The highest BCUT2D eigenvalue weighted by Crippen LogP contribution is 2.18. The molecule has 0 spiro atoms. The van der Waals surface area contributed by atoms with Gasteiger partial charge in [0.15, 0.2) is 6.61 Å². The van der Waals surface area contributed by atoms with Crippen molar-refractivity contribution in [3.05, 3.63) is 23.4 Å². The predicted molar refractivity (Wildman–Crippen MR) is 49.8 cm³/mol. The highest BCUT2D eigenvalue weighted by Gasteiger charge is 2.23. The van der Waals surface area contributed by atoms with Crippen molar-refractivity contribution in [3.63, 3.8) is 0 Å². The third-order valence-electron chi connectivity index (χ3n) is 1.58. The monoisotopic (exact) mass is 212 g/mol. The van der Waals surface area contributed by atoms with E-state index >= 15 is 0 Å². The highest BCUT2D eigenvalue weighted by molar-refractivity contribution is 5.38. The average Bonchev–Trinajstić information content (AvgIpc) is 2.14. The Hall–Kier alpha value is -1.70. The van der Waals surface area contributed by atoms with E-state index in [0.29, 0.717) is 5.69 Å². The molecule has 0 aromatic carbocycles. The summed E-state index contributed by atoms with van der Waals surface area (Å²) in [5.74, 6) is -2.97. The van der Waals surface area contributed by atoms with Gasteiger partial charge in [-0.05, 0) is 19.1 Å². The molecule has 0 aliphatic carbocycles. The summed E-state index contributed by atoms with van der Waals surface area (Å²) in [4.78, 5) is 3.87. The number of alkyl halides is 2. The van der Waals surface area contributed by atoms with Crippen LogP contribution in [-0.4, -0.2) is 17.5 Å². The summed E-state index contributed by atoms with van der Waals surface area (Å²) >= 11 is 0. The molecule has 0 aliphatic heterocycles. The lowest BCUT2D eigenvalue weighted by Gasteiger charge is -2.12. The number of hydrogen-bond acceptors (Lipinski definition) is 3. The number of nitrogens with zero attached hydrogens (tertiary/aromatic N) is 2. The third kappa shape index (κ3) is 3.50. The molecule has 0 radical (unpaired) electrons. The zero-order valence-electron chi connectivity index (χ0n) is 8.42. The Morgan fingerprint density at radius 1 is 1.53 bits per heavy atom. The van der Waals surface area contributed by atoms with E-state index in [4.69, 9.17) is 10.00 Å². The van der Waals surface area contributed by atoms with E-state index in [1.54, 1.807) is 13.0 Å². The van der Waals surface area contributed by atoms with E-state index in [2.05, 4.69) is 4.98 Å². The summed E-state index contributed by atoms with van der Waals surface area (Å²) in [6.07, 6.45) is 0. The molecule has 0 unspecified atom stereocenters. The van der Waals surface area contributed by atoms with Gasteiger partial charge in [-0.3, -0.25) is 0 Å². The molecule has 1 aromatic heterocycles. The maximum absolute atomic E-state index is 12.5. The van der Waals surface area contributed by atoms with Gasteiger partial charge in [-0.15, -0.1) is 0 Å². The molecule has 0 aliphatic rings. The summed E-state index contributed by atoms with van der Waals surface area (Å²) in [5.41, 5.74) is 0.772. The van der Waals surface area contributed by atoms with Gasteiger partial charge in [-0.25, -0.2) is 13.8 Å². The van der Waals surface area contributed by atoms with Gasteiger partial charge in [0.05, 0.1) is 0 Å². The Morgan fingerprint density at radius 2 is 2.20 bits per heavy atom. The van der Waals surface area contributed by atoms with Crippen molar-refractivity contribution < 1.29 is 13.5 Å². The van der Waals surface area contributed by atoms with Crippen LogP contribution in [0.3, 0.4) is 0 Å². The van der Waals surface area contributed by atoms with E-state index in [1.165, 1.54) is 6.07 Å². The third-order valence-corrected chi connectivity index (χ3v) is 1.58. The van der Waals surface area contributed by atoms with Gasteiger partial charge in [0.1, 0.15) is 11.6 Å². The number of rotatable bonds is 3. The van der Waals surface area contributed by atoms with Gasteiger partial charge in [0.2, 0.25) is 5.88 Å². The second-order valence-electron chi connectivity index (χ2n) is 3.28. The van der Waals surface area contributed by atoms with Gasteiger partial charge < -0.3 is 4.74 Å². The van der Waals surface area contributed by atoms with Crippen molar-refractivity contribution in [1.82, 2.24) is 4.98 Å². The standard InChI is InChI=1S/C10H10F2N2O/c1-7-3-4-8(5-13)9(14-7)15-6-10(2,11)12/h3-4H,6H2,1-2H3. The first-order valence-electron chi connectivity index (χ1n) is 4.31. The topological polar surface area (TPSA) is 45.9 Å². The molecule has 5 heteroatoms. The fraction of sp³-hybridized carbons (Fsp3) is 0.400. The van der Waals surface area contributed by atoms with Crippen molar-refractivity contribution in [2.24, 2.45) is 0 Å². The van der Waals surface area contributed by atoms with Crippen molar-refractivity contribution in [3.8, 4) is 11.9 Å². The molecule has 0 amide bonds. The molecular weight excluding hydrogens is 202 g/mol. The number of pyridine rings is 1. The van der Waals surface area contributed by atoms with Crippen molar-refractivity contribution in [1.29, 1.82) is 5.26 Å². The van der Waals surface area contributed by atoms with Crippen LogP contribution in [0.1, 0.15) is 18.2 Å². The molecule has 0 saturated carbocycles. The van der Waals surface area contributed by atoms with Gasteiger partial charge in [-0.2, -0.15) is 5.26 Å². The Labute approximate surface area is 86.3 Å². The SMILES string of the molecule is Cc1ccc(C#N)c(OCC(C)(F)F)n1. The molecule has 0 fully saturated rings. The lowest BCUT2D eigenvalue weighted by molar-refractivity contribution is -0.0243. The van der Waals surface area contributed by atoms with E-state index < -0.39 is 12.5 Å². The van der Waals surface area contributed by atoms with Crippen LogP contribution in [-0.2, 0) is 0 Å². The Balaban J connectivity index is 2.85. The molecule has 3 nitrogen and oxygen atoms in total. The smallest absolute Gasteiger partial charge is 0.278 e. The van der Waals surface area contributed by atoms with E-state index in [-0.39, 0.29) is 11.4 Å². The quantitative estimate of drug-likeness (QED) is 0.772. The van der Waals surface area contributed by atoms with Crippen LogP contribution in [0, 0.1) is 18.3 Å². The first-order valence-corrected chi connectivity index (χ1v) is 4.31. The zero-order chi connectivity index (χ0) is 11.5. The molecule has 0 atom stereocenters. The predicted octanol–water partition coefficient (Wildman–Crippen LogP) is 2.30. The summed E-state index contributed by atoms with van der Waals surface area (Å²) in [6, 6.07) is 4.94. The minimum atomic E-state index is -2.93. The van der Waals surface area contributed by atoms with Crippen LogP contribution < -0.4 is 4.74 Å². The van der Waals surface area contributed by atoms with Gasteiger partial charge >= 0.3 is 0 Å². The molecule has 1 heterocycles.